The van der Waals surface area contributed by atoms with E-state index >= 15 is 0 Å². The summed E-state index contributed by atoms with van der Waals surface area (Å²) in [4.78, 5) is 0. The number of benzene rings is 2. The predicted molar refractivity (Wildman–Crippen MR) is 71.1 cm³/mol. The minimum atomic E-state index is 0.337. The molecule has 0 saturated carbocycles. The summed E-state index contributed by atoms with van der Waals surface area (Å²) in [5.41, 5.74) is 1.33. The zero-order valence-electron chi connectivity index (χ0n) is 9.41. The largest absolute Gasteiger partial charge is 0.313 e. The molecule has 0 spiro atoms. The van der Waals surface area contributed by atoms with Gasteiger partial charge in [-0.25, -0.2) is 0 Å². The van der Waals surface area contributed by atoms with Crippen molar-refractivity contribution in [2.24, 2.45) is 0 Å². The summed E-state index contributed by atoms with van der Waals surface area (Å²) in [5.74, 6) is 0.675. The fourth-order valence-corrected chi connectivity index (χ4v) is 2.34. The molecule has 0 heterocycles. The predicted octanol–water partition coefficient (Wildman–Crippen LogP) is 3.73. The van der Waals surface area contributed by atoms with Gasteiger partial charge in [0, 0.05) is 11.9 Å². The molecule has 0 radical (unpaired) electrons. The molecule has 0 bridgehead atoms. The standard InChI is InChI=1S/C14H16ClN/c1-16-14(9-10-15)13-8-4-6-11-5-2-3-7-12(11)13/h2-8,14,16H,9-10H2,1H3. The Morgan fingerprint density at radius 1 is 1.12 bits per heavy atom. The SMILES string of the molecule is CNC(CCCl)c1cccc2ccccc12. The van der Waals surface area contributed by atoms with Gasteiger partial charge in [-0.3, -0.25) is 0 Å². The van der Waals surface area contributed by atoms with Gasteiger partial charge in [0.05, 0.1) is 0 Å². The highest BCUT2D eigenvalue weighted by atomic mass is 35.5. The zero-order valence-corrected chi connectivity index (χ0v) is 10.2. The molecule has 2 aromatic carbocycles. The minimum Gasteiger partial charge on any atom is -0.313 e. The molecule has 2 aromatic rings. The zero-order chi connectivity index (χ0) is 11.4. The highest BCUT2D eigenvalue weighted by molar-refractivity contribution is 6.17. The average molecular weight is 234 g/mol. The molecule has 2 heteroatoms. The number of hydrogen-bond donors (Lipinski definition) is 1. The quantitative estimate of drug-likeness (QED) is 0.794. The summed E-state index contributed by atoms with van der Waals surface area (Å²) in [6.07, 6.45) is 0.950. The number of nitrogens with one attached hydrogen (secondary N) is 1. The van der Waals surface area contributed by atoms with Crippen LogP contribution in [-0.2, 0) is 0 Å². The molecule has 2 rings (SSSR count). The molecule has 84 valence electrons. The van der Waals surface area contributed by atoms with E-state index in [0.29, 0.717) is 11.9 Å². The Labute approximate surface area is 101 Å². The van der Waals surface area contributed by atoms with E-state index in [-0.39, 0.29) is 0 Å². The average Bonchev–Trinajstić information content (AvgIpc) is 2.35. The first-order chi connectivity index (χ1) is 7.86. The van der Waals surface area contributed by atoms with Gasteiger partial charge in [0.15, 0.2) is 0 Å². The van der Waals surface area contributed by atoms with E-state index in [1.807, 2.05) is 7.05 Å². The molecule has 0 aliphatic rings. The van der Waals surface area contributed by atoms with Crippen LogP contribution in [0.2, 0.25) is 0 Å². The van der Waals surface area contributed by atoms with Crippen LogP contribution in [-0.4, -0.2) is 12.9 Å². The third kappa shape index (κ3) is 2.21. The maximum absolute atomic E-state index is 5.84. The number of fused-ring (bicyclic) bond motifs is 1. The molecule has 1 atom stereocenters. The summed E-state index contributed by atoms with van der Waals surface area (Å²) in [5, 5.41) is 5.93. The second-order valence-corrected chi connectivity index (χ2v) is 4.27. The monoisotopic (exact) mass is 233 g/mol. The first kappa shape index (κ1) is 11.4. The summed E-state index contributed by atoms with van der Waals surface area (Å²) >= 11 is 5.84. The van der Waals surface area contributed by atoms with Crippen molar-refractivity contribution in [3.63, 3.8) is 0 Å². The fourth-order valence-electron chi connectivity index (χ4n) is 2.12. The van der Waals surface area contributed by atoms with E-state index in [1.165, 1.54) is 16.3 Å². The van der Waals surface area contributed by atoms with Crippen LogP contribution in [0, 0.1) is 0 Å². The molecule has 16 heavy (non-hydrogen) atoms. The Morgan fingerprint density at radius 3 is 2.62 bits per heavy atom. The van der Waals surface area contributed by atoms with Crippen LogP contribution >= 0.6 is 11.6 Å². The molecule has 1 nitrogen and oxygen atoms in total. The van der Waals surface area contributed by atoms with Crippen LogP contribution in [0.25, 0.3) is 10.8 Å². The molecule has 0 aromatic heterocycles. The van der Waals surface area contributed by atoms with Gasteiger partial charge in [0.1, 0.15) is 0 Å². The number of hydrogen-bond acceptors (Lipinski definition) is 1. The second-order valence-electron chi connectivity index (χ2n) is 3.89. The van der Waals surface area contributed by atoms with Crippen LogP contribution in [0.5, 0.6) is 0 Å². The van der Waals surface area contributed by atoms with Crippen molar-refractivity contribution in [2.45, 2.75) is 12.5 Å². The van der Waals surface area contributed by atoms with Crippen LogP contribution in [0.15, 0.2) is 42.5 Å². The first-order valence-electron chi connectivity index (χ1n) is 5.57. The van der Waals surface area contributed by atoms with Crippen molar-refractivity contribution in [3.05, 3.63) is 48.0 Å². The van der Waals surface area contributed by atoms with Gasteiger partial charge in [-0.15, -0.1) is 11.6 Å². The molecule has 1 N–H and O–H groups in total. The van der Waals surface area contributed by atoms with E-state index in [9.17, 15) is 0 Å². The van der Waals surface area contributed by atoms with Gasteiger partial charge >= 0.3 is 0 Å². The number of alkyl halides is 1. The lowest BCUT2D eigenvalue weighted by molar-refractivity contribution is 0.584. The van der Waals surface area contributed by atoms with E-state index in [0.717, 1.165) is 6.42 Å². The third-order valence-corrected chi connectivity index (χ3v) is 3.16. The van der Waals surface area contributed by atoms with Crippen molar-refractivity contribution in [2.75, 3.05) is 12.9 Å². The summed E-state index contributed by atoms with van der Waals surface area (Å²) in [6.45, 7) is 0. The normalized spacial score (nSPS) is 12.9. The van der Waals surface area contributed by atoms with Crippen LogP contribution in [0.4, 0.5) is 0 Å². The molecule has 0 aliphatic heterocycles. The molecule has 1 unspecified atom stereocenters. The Kier molecular flexibility index (Phi) is 3.81. The lowest BCUT2D eigenvalue weighted by atomic mass is 9.97. The van der Waals surface area contributed by atoms with Gasteiger partial charge in [0.25, 0.3) is 0 Å². The van der Waals surface area contributed by atoms with E-state index in [1.54, 1.807) is 0 Å². The molecule has 0 aliphatic carbocycles. The van der Waals surface area contributed by atoms with Gasteiger partial charge in [0.2, 0.25) is 0 Å². The van der Waals surface area contributed by atoms with E-state index in [4.69, 9.17) is 11.6 Å². The van der Waals surface area contributed by atoms with Crippen molar-refractivity contribution in [1.82, 2.24) is 5.32 Å². The number of halogens is 1. The highest BCUT2D eigenvalue weighted by Crippen LogP contribution is 2.26. The smallest absolute Gasteiger partial charge is 0.0335 e. The molecule has 0 fully saturated rings. The fraction of sp³-hybridized carbons (Fsp3) is 0.286. The molecular formula is C14H16ClN. The van der Waals surface area contributed by atoms with Crippen molar-refractivity contribution in [3.8, 4) is 0 Å². The third-order valence-electron chi connectivity index (χ3n) is 2.95. The Hall–Kier alpha value is -1.05. The summed E-state index contributed by atoms with van der Waals surface area (Å²) in [6, 6.07) is 15.2. The van der Waals surface area contributed by atoms with Crippen molar-refractivity contribution < 1.29 is 0 Å². The van der Waals surface area contributed by atoms with Crippen molar-refractivity contribution in [1.29, 1.82) is 0 Å². The van der Waals surface area contributed by atoms with Crippen molar-refractivity contribution >= 4 is 22.4 Å². The van der Waals surface area contributed by atoms with Gasteiger partial charge in [-0.2, -0.15) is 0 Å². The summed E-state index contributed by atoms with van der Waals surface area (Å²) < 4.78 is 0. The molecule has 0 saturated heterocycles. The van der Waals surface area contributed by atoms with E-state index in [2.05, 4.69) is 47.8 Å². The van der Waals surface area contributed by atoms with Crippen LogP contribution in [0.1, 0.15) is 18.0 Å². The van der Waals surface area contributed by atoms with Gasteiger partial charge in [-0.05, 0) is 29.8 Å². The minimum absolute atomic E-state index is 0.337. The first-order valence-corrected chi connectivity index (χ1v) is 6.11. The van der Waals surface area contributed by atoms with Gasteiger partial charge in [-0.1, -0.05) is 42.5 Å². The highest BCUT2D eigenvalue weighted by Gasteiger charge is 2.10. The maximum atomic E-state index is 5.84. The maximum Gasteiger partial charge on any atom is 0.0335 e. The number of rotatable bonds is 4. The molecular weight excluding hydrogens is 218 g/mol. The lowest BCUT2D eigenvalue weighted by Crippen LogP contribution is -2.17. The lowest BCUT2D eigenvalue weighted by Gasteiger charge is -2.17. The Balaban J connectivity index is 2.50. The summed E-state index contributed by atoms with van der Waals surface area (Å²) in [7, 11) is 1.99. The Bertz CT molecular complexity index is 462. The second kappa shape index (κ2) is 5.33. The van der Waals surface area contributed by atoms with E-state index < -0.39 is 0 Å². The van der Waals surface area contributed by atoms with Gasteiger partial charge < -0.3 is 5.32 Å². The Morgan fingerprint density at radius 2 is 1.88 bits per heavy atom. The van der Waals surface area contributed by atoms with Crippen LogP contribution < -0.4 is 5.32 Å². The molecule has 0 amide bonds. The van der Waals surface area contributed by atoms with Crippen LogP contribution in [0.3, 0.4) is 0 Å². The topological polar surface area (TPSA) is 12.0 Å².